The van der Waals surface area contributed by atoms with Gasteiger partial charge in [0.05, 0.1) is 90.4 Å². The maximum atomic E-state index is 12.2. The molecule has 0 amide bonds. The molecular weight excluding hydrogens is 448 g/mol. The third kappa shape index (κ3) is 10.0. The van der Waals surface area contributed by atoms with Crippen molar-refractivity contribution in [3.05, 3.63) is 35.4 Å². The fourth-order valence-electron chi connectivity index (χ4n) is 3.03. The second-order valence-electron chi connectivity index (χ2n) is 8.03. The molecular formula is C24H34O10. The van der Waals surface area contributed by atoms with Crippen LogP contribution in [0.4, 0.5) is 0 Å². The highest BCUT2D eigenvalue weighted by Gasteiger charge is 2.18. The van der Waals surface area contributed by atoms with Gasteiger partial charge in [0, 0.05) is 11.8 Å². The topological polar surface area (TPSA) is 108 Å². The molecule has 3 rings (SSSR count). The molecule has 190 valence electrons. The third-order valence-electron chi connectivity index (χ3n) is 5.12. The van der Waals surface area contributed by atoms with E-state index in [1.54, 1.807) is 18.2 Å². The first-order valence-electron chi connectivity index (χ1n) is 11.6. The van der Waals surface area contributed by atoms with E-state index in [9.17, 15) is 9.59 Å². The van der Waals surface area contributed by atoms with E-state index in [2.05, 4.69) is 0 Å². The van der Waals surface area contributed by atoms with Gasteiger partial charge in [0.15, 0.2) is 0 Å². The molecule has 2 heterocycles. The maximum Gasteiger partial charge on any atom is 0.338 e. The second kappa shape index (κ2) is 15.8. The summed E-state index contributed by atoms with van der Waals surface area (Å²) in [7, 11) is 0. The SMILES string of the molecule is O=C(OCCOCCOCC1COC1)c1cccc(C(=O)OCCOCCOCC2COC2)c1. The van der Waals surface area contributed by atoms with Crippen LogP contribution in [-0.4, -0.2) is 104 Å². The zero-order valence-corrected chi connectivity index (χ0v) is 19.4. The first-order chi connectivity index (χ1) is 16.7. The molecule has 1 aromatic carbocycles. The first kappa shape index (κ1) is 26.5. The van der Waals surface area contributed by atoms with Crippen molar-refractivity contribution in [3.8, 4) is 0 Å². The predicted octanol–water partition coefficient (Wildman–Crippen LogP) is 1.36. The molecule has 2 fully saturated rings. The van der Waals surface area contributed by atoms with Gasteiger partial charge in [-0.25, -0.2) is 9.59 Å². The maximum absolute atomic E-state index is 12.2. The lowest BCUT2D eigenvalue weighted by molar-refractivity contribution is -0.0782. The van der Waals surface area contributed by atoms with Crippen LogP contribution in [0.5, 0.6) is 0 Å². The normalized spacial score (nSPS) is 16.0. The largest absolute Gasteiger partial charge is 0.460 e. The van der Waals surface area contributed by atoms with Crippen molar-refractivity contribution >= 4 is 11.9 Å². The van der Waals surface area contributed by atoms with Gasteiger partial charge in [-0.15, -0.1) is 0 Å². The Balaban J connectivity index is 1.20. The fourth-order valence-corrected chi connectivity index (χ4v) is 3.03. The summed E-state index contributed by atoms with van der Waals surface area (Å²) < 4.78 is 42.2. The minimum atomic E-state index is -0.531. The Hall–Kier alpha value is -2.08. The summed E-state index contributed by atoms with van der Waals surface area (Å²) in [5.41, 5.74) is 0.538. The Morgan fingerprint density at radius 1 is 0.647 bits per heavy atom. The average molecular weight is 483 g/mol. The van der Waals surface area contributed by atoms with E-state index in [1.165, 1.54) is 6.07 Å². The van der Waals surface area contributed by atoms with Crippen LogP contribution in [-0.2, 0) is 37.9 Å². The van der Waals surface area contributed by atoms with Gasteiger partial charge in [-0.3, -0.25) is 0 Å². The van der Waals surface area contributed by atoms with E-state index in [4.69, 9.17) is 37.9 Å². The molecule has 2 saturated heterocycles. The fraction of sp³-hybridized carbons (Fsp3) is 0.667. The molecule has 0 saturated carbocycles. The van der Waals surface area contributed by atoms with E-state index in [0.717, 1.165) is 26.4 Å². The number of hydrogen-bond donors (Lipinski definition) is 0. The highest BCUT2D eigenvalue weighted by molar-refractivity contribution is 5.95. The molecule has 2 aliphatic heterocycles. The molecule has 0 aliphatic carbocycles. The standard InChI is InChI=1S/C24H34O10/c25-23(33-10-8-27-4-6-29-13-19-15-31-16-19)21-2-1-3-22(12-21)24(26)34-11-9-28-5-7-30-14-20-17-32-18-20/h1-3,12,19-20H,4-11,13-18H2. The lowest BCUT2D eigenvalue weighted by Crippen LogP contribution is -2.32. The van der Waals surface area contributed by atoms with Crippen LogP contribution in [0, 0.1) is 11.8 Å². The molecule has 0 aromatic heterocycles. The van der Waals surface area contributed by atoms with E-state index < -0.39 is 11.9 Å². The second-order valence-corrected chi connectivity index (χ2v) is 8.03. The Bertz CT molecular complexity index is 675. The van der Waals surface area contributed by atoms with Gasteiger partial charge in [-0.05, 0) is 18.2 Å². The quantitative estimate of drug-likeness (QED) is 0.225. The molecule has 0 radical (unpaired) electrons. The molecule has 0 unspecified atom stereocenters. The summed E-state index contributed by atoms with van der Waals surface area (Å²) in [5.74, 6) is -0.0810. The Morgan fingerprint density at radius 2 is 1.06 bits per heavy atom. The van der Waals surface area contributed by atoms with Gasteiger partial charge in [0.1, 0.15) is 13.2 Å². The van der Waals surface area contributed by atoms with Gasteiger partial charge < -0.3 is 37.9 Å². The predicted molar refractivity (Wildman–Crippen MR) is 119 cm³/mol. The van der Waals surface area contributed by atoms with Crippen LogP contribution in [0.15, 0.2) is 24.3 Å². The van der Waals surface area contributed by atoms with Crippen LogP contribution in [0.3, 0.4) is 0 Å². The van der Waals surface area contributed by atoms with E-state index >= 15 is 0 Å². The van der Waals surface area contributed by atoms with Crippen LogP contribution < -0.4 is 0 Å². The van der Waals surface area contributed by atoms with Crippen molar-refractivity contribution in [2.75, 3.05) is 92.5 Å². The van der Waals surface area contributed by atoms with Crippen molar-refractivity contribution in [3.63, 3.8) is 0 Å². The Morgan fingerprint density at radius 3 is 1.47 bits per heavy atom. The van der Waals surface area contributed by atoms with Crippen LogP contribution in [0.1, 0.15) is 20.7 Å². The van der Waals surface area contributed by atoms with Crippen molar-refractivity contribution < 1.29 is 47.5 Å². The molecule has 0 bridgehead atoms. The van der Waals surface area contributed by atoms with Gasteiger partial charge in [-0.2, -0.15) is 0 Å². The molecule has 10 nitrogen and oxygen atoms in total. The van der Waals surface area contributed by atoms with Crippen molar-refractivity contribution in [2.45, 2.75) is 0 Å². The number of benzene rings is 1. The summed E-state index contributed by atoms with van der Waals surface area (Å²) in [6.45, 7) is 6.99. The number of hydrogen-bond acceptors (Lipinski definition) is 10. The zero-order valence-electron chi connectivity index (χ0n) is 19.4. The van der Waals surface area contributed by atoms with Gasteiger partial charge >= 0.3 is 11.9 Å². The summed E-state index contributed by atoms with van der Waals surface area (Å²) in [6, 6.07) is 6.21. The molecule has 2 aliphatic rings. The average Bonchev–Trinajstić information content (AvgIpc) is 2.79. The summed E-state index contributed by atoms with van der Waals surface area (Å²) >= 11 is 0. The van der Waals surface area contributed by atoms with E-state index in [0.29, 0.717) is 51.5 Å². The van der Waals surface area contributed by atoms with Crippen molar-refractivity contribution in [1.82, 2.24) is 0 Å². The third-order valence-corrected chi connectivity index (χ3v) is 5.12. The summed E-state index contributed by atoms with van der Waals surface area (Å²) in [6.07, 6.45) is 0. The van der Waals surface area contributed by atoms with E-state index in [-0.39, 0.29) is 37.6 Å². The Labute approximate surface area is 199 Å². The summed E-state index contributed by atoms with van der Waals surface area (Å²) in [5, 5.41) is 0. The molecule has 0 atom stereocenters. The van der Waals surface area contributed by atoms with Gasteiger partial charge in [0.25, 0.3) is 0 Å². The Kier molecular flexibility index (Phi) is 12.3. The number of esters is 2. The molecule has 0 spiro atoms. The number of rotatable bonds is 18. The lowest BCUT2D eigenvalue weighted by Gasteiger charge is -2.25. The number of ether oxygens (including phenoxy) is 8. The highest BCUT2D eigenvalue weighted by Crippen LogP contribution is 2.11. The number of carbonyl (C=O) groups excluding carboxylic acids is 2. The van der Waals surface area contributed by atoms with Gasteiger partial charge in [-0.1, -0.05) is 6.07 Å². The van der Waals surface area contributed by atoms with Gasteiger partial charge in [0.2, 0.25) is 0 Å². The van der Waals surface area contributed by atoms with Crippen LogP contribution >= 0.6 is 0 Å². The van der Waals surface area contributed by atoms with Crippen molar-refractivity contribution in [1.29, 1.82) is 0 Å². The molecule has 34 heavy (non-hydrogen) atoms. The van der Waals surface area contributed by atoms with Crippen molar-refractivity contribution in [2.24, 2.45) is 11.8 Å². The molecule has 0 N–H and O–H groups in total. The molecule has 1 aromatic rings. The first-order valence-corrected chi connectivity index (χ1v) is 11.6. The minimum Gasteiger partial charge on any atom is -0.460 e. The lowest BCUT2D eigenvalue weighted by atomic mass is 10.1. The molecule has 10 heteroatoms. The highest BCUT2D eigenvalue weighted by atomic mass is 16.6. The monoisotopic (exact) mass is 482 g/mol. The summed E-state index contributed by atoms with van der Waals surface area (Å²) in [4.78, 5) is 24.4. The van der Waals surface area contributed by atoms with Crippen LogP contribution in [0.25, 0.3) is 0 Å². The van der Waals surface area contributed by atoms with Crippen LogP contribution in [0.2, 0.25) is 0 Å². The van der Waals surface area contributed by atoms with E-state index in [1.807, 2.05) is 0 Å². The smallest absolute Gasteiger partial charge is 0.338 e. The minimum absolute atomic E-state index is 0.111. The number of carbonyl (C=O) groups is 2. The zero-order chi connectivity index (χ0) is 23.8.